The van der Waals surface area contributed by atoms with E-state index in [1.54, 1.807) is 6.07 Å². The zero-order chi connectivity index (χ0) is 15.6. The largest absolute Gasteiger partial charge is 0.271 e. The molecule has 3 N–H and O–H groups in total. The van der Waals surface area contributed by atoms with Crippen LogP contribution in [0.3, 0.4) is 0 Å². The highest BCUT2D eigenvalue weighted by Gasteiger charge is 2.19. The van der Waals surface area contributed by atoms with Gasteiger partial charge in [0.05, 0.1) is 10.5 Å². The smallest absolute Gasteiger partial charge is 0.143 e. The van der Waals surface area contributed by atoms with E-state index in [9.17, 15) is 8.78 Å². The van der Waals surface area contributed by atoms with Crippen LogP contribution in [0.1, 0.15) is 22.7 Å². The number of benzene rings is 2. The van der Waals surface area contributed by atoms with Crippen molar-refractivity contribution >= 4 is 27.5 Å². The van der Waals surface area contributed by atoms with E-state index in [2.05, 4.69) is 21.4 Å². The summed E-state index contributed by atoms with van der Waals surface area (Å²) in [5.41, 5.74) is 4.25. The summed E-state index contributed by atoms with van der Waals surface area (Å²) >= 11 is 9.14. The van der Waals surface area contributed by atoms with Gasteiger partial charge in [-0.05, 0) is 58.6 Å². The normalized spacial score (nSPS) is 12.5. The summed E-state index contributed by atoms with van der Waals surface area (Å²) in [5, 5.41) is 0.586. The van der Waals surface area contributed by atoms with Crippen LogP contribution in [0, 0.1) is 18.6 Å². The minimum absolute atomic E-state index is 0.0241. The quantitative estimate of drug-likeness (QED) is 0.471. The summed E-state index contributed by atoms with van der Waals surface area (Å²) in [5.74, 6) is 4.31. The molecule has 0 amide bonds. The van der Waals surface area contributed by atoms with Crippen molar-refractivity contribution in [2.75, 3.05) is 0 Å². The number of aryl methyl sites for hydroxylation is 1. The fourth-order valence-electron chi connectivity index (χ4n) is 2.06. The highest BCUT2D eigenvalue weighted by atomic mass is 79.9. The van der Waals surface area contributed by atoms with E-state index in [1.807, 2.05) is 19.1 Å². The molecule has 2 rings (SSSR count). The number of hydrogen-bond donors (Lipinski definition) is 2. The summed E-state index contributed by atoms with van der Waals surface area (Å²) in [4.78, 5) is 0. The van der Waals surface area contributed by atoms with Gasteiger partial charge < -0.3 is 0 Å². The van der Waals surface area contributed by atoms with E-state index >= 15 is 0 Å². The van der Waals surface area contributed by atoms with E-state index in [0.717, 1.165) is 11.1 Å². The van der Waals surface area contributed by atoms with Crippen LogP contribution in [0.5, 0.6) is 0 Å². The number of halogens is 4. The van der Waals surface area contributed by atoms with Gasteiger partial charge in [0.25, 0.3) is 0 Å². The van der Waals surface area contributed by atoms with Gasteiger partial charge in [0.2, 0.25) is 0 Å². The molecule has 112 valence electrons. The molecule has 1 atom stereocenters. The van der Waals surface area contributed by atoms with Crippen LogP contribution in [-0.4, -0.2) is 0 Å². The second-order valence-corrected chi connectivity index (χ2v) is 6.02. The predicted molar refractivity (Wildman–Crippen MR) is 84.0 cm³/mol. The number of hydrazine groups is 1. The summed E-state index contributed by atoms with van der Waals surface area (Å²) in [6.45, 7) is 1.88. The number of rotatable bonds is 4. The van der Waals surface area contributed by atoms with Gasteiger partial charge in [-0.1, -0.05) is 23.7 Å². The van der Waals surface area contributed by atoms with Crippen LogP contribution in [0.25, 0.3) is 0 Å². The molecule has 0 aliphatic carbocycles. The third-order valence-electron chi connectivity index (χ3n) is 3.35. The van der Waals surface area contributed by atoms with Gasteiger partial charge in [0.15, 0.2) is 0 Å². The number of hydrogen-bond acceptors (Lipinski definition) is 2. The Kier molecular flexibility index (Phi) is 5.32. The molecular weight excluding hydrogens is 362 g/mol. The molecule has 0 saturated carbocycles. The van der Waals surface area contributed by atoms with E-state index in [0.29, 0.717) is 5.02 Å². The first-order valence-electron chi connectivity index (χ1n) is 6.28. The third kappa shape index (κ3) is 3.61. The van der Waals surface area contributed by atoms with Gasteiger partial charge in [-0.2, -0.15) is 0 Å². The van der Waals surface area contributed by atoms with Gasteiger partial charge in [-0.25, -0.2) is 8.78 Å². The topological polar surface area (TPSA) is 38.0 Å². The van der Waals surface area contributed by atoms with E-state index in [-0.39, 0.29) is 16.5 Å². The van der Waals surface area contributed by atoms with Crippen LogP contribution >= 0.6 is 27.5 Å². The van der Waals surface area contributed by atoms with Crippen LogP contribution in [0.4, 0.5) is 8.78 Å². The maximum Gasteiger partial charge on any atom is 0.143 e. The van der Waals surface area contributed by atoms with Crippen molar-refractivity contribution in [3.8, 4) is 0 Å². The monoisotopic (exact) mass is 374 g/mol. The highest BCUT2D eigenvalue weighted by molar-refractivity contribution is 9.10. The molecule has 2 nitrogen and oxygen atoms in total. The summed E-state index contributed by atoms with van der Waals surface area (Å²) in [7, 11) is 0. The number of nitrogens with one attached hydrogen (secondary N) is 1. The predicted octanol–water partition coefficient (Wildman–Crippen LogP) is 4.44. The van der Waals surface area contributed by atoms with Crippen LogP contribution < -0.4 is 11.3 Å². The Balaban J connectivity index is 2.35. The molecule has 6 heteroatoms. The Labute approximate surface area is 135 Å². The standard InChI is InChI=1S/C15H14BrClF2N2/c1-8-2-3-9(6-12(8)17)14(21-20)7-10-13(18)5-4-11(16)15(10)19/h2-6,14,21H,7,20H2,1H3. The second kappa shape index (κ2) is 6.83. The average Bonchev–Trinajstić information content (AvgIpc) is 2.47. The fourth-order valence-corrected chi connectivity index (χ4v) is 2.62. The highest BCUT2D eigenvalue weighted by Crippen LogP contribution is 2.28. The second-order valence-electron chi connectivity index (χ2n) is 4.75. The van der Waals surface area contributed by atoms with Crippen LogP contribution in [0.15, 0.2) is 34.8 Å². The lowest BCUT2D eigenvalue weighted by Crippen LogP contribution is -2.30. The molecule has 0 fully saturated rings. The molecule has 0 heterocycles. The van der Waals surface area contributed by atoms with Gasteiger partial charge >= 0.3 is 0 Å². The zero-order valence-corrected chi connectivity index (χ0v) is 13.6. The Bertz CT molecular complexity index is 664. The Morgan fingerprint density at radius 1 is 1.29 bits per heavy atom. The molecule has 0 aliphatic heterocycles. The average molecular weight is 376 g/mol. The minimum Gasteiger partial charge on any atom is -0.271 e. The SMILES string of the molecule is Cc1ccc(C(Cc2c(F)ccc(Br)c2F)NN)cc1Cl. The van der Waals surface area contributed by atoms with Gasteiger partial charge in [-0.3, -0.25) is 11.3 Å². The van der Waals surface area contributed by atoms with Crippen LogP contribution in [-0.2, 0) is 6.42 Å². The molecule has 0 saturated heterocycles. The lowest BCUT2D eigenvalue weighted by molar-refractivity contribution is 0.498. The molecule has 21 heavy (non-hydrogen) atoms. The lowest BCUT2D eigenvalue weighted by atomic mass is 9.98. The van der Waals surface area contributed by atoms with Crippen molar-refractivity contribution in [3.63, 3.8) is 0 Å². The van der Waals surface area contributed by atoms with Crippen molar-refractivity contribution < 1.29 is 8.78 Å². The van der Waals surface area contributed by atoms with Crippen molar-refractivity contribution in [2.24, 2.45) is 5.84 Å². The Morgan fingerprint density at radius 2 is 2.00 bits per heavy atom. The Morgan fingerprint density at radius 3 is 2.62 bits per heavy atom. The molecule has 2 aromatic carbocycles. The molecular formula is C15H14BrClF2N2. The molecule has 0 spiro atoms. The van der Waals surface area contributed by atoms with E-state index in [4.69, 9.17) is 17.4 Å². The van der Waals surface area contributed by atoms with Gasteiger partial charge in [-0.15, -0.1) is 0 Å². The zero-order valence-electron chi connectivity index (χ0n) is 11.3. The molecule has 0 aromatic heterocycles. The number of nitrogens with two attached hydrogens (primary N) is 1. The minimum atomic E-state index is -0.617. The fraction of sp³-hybridized carbons (Fsp3) is 0.200. The summed E-state index contributed by atoms with van der Waals surface area (Å²) in [6, 6.07) is 7.53. The van der Waals surface area contributed by atoms with Crippen LogP contribution in [0.2, 0.25) is 5.02 Å². The molecule has 0 aliphatic rings. The first-order valence-corrected chi connectivity index (χ1v) is 7.45. The van der Waals surface area contributed by atoms with E-state index in [1.165, 1.54) is 12.1 Å². The van der Waals surface area contributed by atoms with E-state index < -0.39 is 17.7 Å². The van der Waals surface area contributed by atoms with Crippen molar-refractivity contribution in [1.82, 2.24) is 5.43 Å². The Hall–Kier alpha value is -1.01. The molecule has 1 unspecified atom stereocenters. The lowest BCUT2D eigenvalue weighted by Gasteiger charge is -2.18. The first kappa shape index (κ1) is 16.4. The van der Waals surface area contributed by atoms with Crippen molar-refractivity contribution in [3.05, 3.63) is 68.2 Å². The van der Waals surface area contributed by atoms with Gasteiger partial charge in [0.1, 0.15) is 11.6 Å². The van der Waals surface area contributed by atoms with Crippen molar-refractivity contribution in [1.29, 1.82) is 0 Å². The molecule has 0 bridgehead atoms. The molecule has 0 radical (unpaired) electrons. The van der Waals surface area contributed by atoms with Gasteiger partial charge in [0, 0.05) is 10.6 Å². The molecule has 2 aromatic rings. The maximum absolute atomic E-state index is 14.0. The summed E-state index contributed by atoms with van der Waals surface area (Å²) in [6.07, 6.45) is 0.0764. The van der Waals surface area contributed by atoms with Crippen molar-refractivity contribution in [2.45, 2.75) is 19.4 Å². The maximum atomic E-state index is 14.0. The first-order chi connectivity index (χ1) is 9.93. The third-order valence-corrected chi connectivity index (χ3v) is 4.37. The summed E-state index contributed by atoms with van der Waals surface area (Å²) < 4.78 is 28.1.